The highest BCUT2D eigenvalue weighted by Gasteiger charge is 2.08. The Morgan fingerprint density at radius 1 is 1.19 bits per heavy atom. The second kappa shape index (κ2) is 6.22. The zero-order valence-corrected chi connectivity index (χ0v) is 12.7. The lowest BCUT2D eigenvalue weighted by Gasteiger charge is -2.12. The minimum atomic E-state index is -0.239. The van der Waals surface area contributed by atoms with E-state index in [1.54, 1.807) is 17.4 Å². The summed E-state index contributed by atoms with van der Waals surface area (Å²) >= 11 is 1.57. The third kappa shape index (κ3) is 3.58. The highest BCUT2D eigenvalue weighted by Crippen LogP contribution is 2.27. The molecule has 0 radical (unpaired) electrons. The van der Waals surface area contributed by atoms with E-state index >= 15 is 0 Å². The molecule has 4 heteroatoms. The molecule has 0 bridgehead atoms. The molecule has 3 aromatic rings. The van der Waals surface area contributed by atoms with Crippen molar-refractivity contribution in [1.82, 2.24) is 4.98 Å². The fraction of sp³-hybridized carbons (Fsp3) is 0.235. The summed E-state index contributed by atoms with van der Waals surface area (Å²) in [4.78, 5) is 4.44. The number of nitrogens with one attached hydrogen (secondary N) is 1. The van der Waals surface area contributed by atoms with Crippen LogP contribution in [0.1, 0.15) is 18.9 Å². The molecule has 108 valence electrons. The molecule has 0 spiro atoms. The molecule has 0 fully saturated rings. The van der Waals surface area contributed by atoms with E-state index in [1.807, 2.05) is 6.07 Å². The molecule has 0 aliphatic heterocycles. The van der Waals surface area contributed by atoms with Gasteiger partial charge in [0.05, 0.1) is 10.2 Å². The predicted molar refractivity (Wildman–Crippen MR) is 87.4 cm³/mol. The lowest BCUT2D eigenvalue weighted by molar-refractivity contribution is 0.629. The largest absolute Gasteiger partial charge is 0.359 e. The predicted octanol–water partition coefficient (Wildman–Crippen LogP) is 4.87. The van der Waals surface area contributed by atoms with E-state index in [2.05, 4.69) is 41.5 Å². The molecule has 1 heterocycles. The van der Waals surface area contributed by atoms with Gasteiger partial charge in [0.25, 0.3) is 0 Å². The molecule has 1 aromatic heterocycles. The first-order valence-electron chi connectivity index (χ1n) is 7.07. The minimum absolute atomic E-state index is 0.239. The Morgan fingerprint density at radius 2 is 2.00 bits per heavy atom. The number of anilines is 1. The molecule has 21 heavy (non-hydrogen) atoms. The number of rotatable bonds is 5. The third-order valence-electron chi connectivity index (χ3n) is 3.43. The van der Waals surface area contributed by atoms with Gasteiger partial charge in [0.15, 0.2) is 5.13 Å². The normalized spacial score (nSPS) is 12.5. The van der Waals surface area contributed by atoms with Gasteiger partial charge >= 0.3 is 0 Å². The molecule has 0 saturated carbocycles. The second-order valence-electron chi connectivity index (χ2n) is 5.20. The summed E-state index contributed by atoms with van der Waals surface area (Å²) in [5, 5.41) is 4.26. The molecule has 0 saturated heterocycles. The first-order valence-corrected chi connectivity index (χ1v) is 7.89. The van der Waals surface area contributed by atoms with Crippen molar-refractivity contribution in [3.8, 4) is 0 Å². The number of aromatic nitrogens is 1. The van der Waals surface area contributed by atoms with E-state index in [1.165, 1.54) is 17.7 Å². The lowest BCUT2D eigenvalue weighted by Crippen LogP contribution is -2.15. The smallest absolute Gasteiger partial charge is 0.184 e. The highest BCUT2D eigenvalue weighted by atomic mass is 32.1. The van der Waals surface area contributed by atoms with Crippen molar-refractivity contribution in [2.24, 2.45) is 0 Å². The first kappa shape index (κ1) is 14.0. The molecule has 3 rings (SSSR count). The summed E-state index contributed by atoms with van der Waals surface area (Å²) < 4.78 is 14.2. The van der Waals surface area contributed by atoms with Crippen LogP contribution in [0.5, 0.6) is 0 Å². The van der Waals surface area contributed by atoms with Crippen LogP contribution in [0.25, 0.3) is 10.2 Å². The zero-order chi connectivity index (χ0) is 14.7. The van der Waals surface area contributed by atoms with E-state index in [4.69, 9.17) is 0 Å². The SMILES string of the molecule is CC(CCc1ccccc1)Nc1nc2cc(F)ccc2s1. The van der Waals surface area contributed by atoms with Crippen LogP contribution in [-0.2, 0) is 6.42 Å². The Labute approximate surface area is 127 Å². The van der Waals surface area contributed by atoms with E-state index < -0.39 is 0 Å². The Balaban J connectivity index is 1.62. The van der Waals surface area contributed by atoms with Crippen molar-refractivity contribution in [3.05, 3.63) is 59.9 Å². The maximum Gasteiger partial charge on any atom is 0.184 e. The third-order valence-corrected chi connectivity index (χ3v) is 4.40. The van der Waals surface area contributed by atoms with Gasteiger partial charge in [0.1, 0.15) is 5.82 Å². The Hall–Kier alpha value is -1.94. The van der Waals surface area contributed by atoms with Crippen molar-refractivity contribution in [3.63, 3.8) is 0 Å². The maximum atomic E-state index is 13.2. The van der Waals surface area contributed by atoms with Crippen LogP contribution in [0.3, 0.4) is 0 Å². The van der Waals surface area contributed by atoms with Gasteiger partial charge in [-0.15, -0.1) is 0 Å². The topological polar surface area (TPSA) is 24.9 Å². The molecule has 1 N–H and O–H groups in total. The fourth-order valence-corrected chi connectivity index (χ4v) is 3.23. The van der Waals surface area contributed by atoms with Crippen molar-refractivity contribution in [1.29, 1.82) is 0 Å². The quantitative estimate of drug-likeness (QED) is 0.727. The number of halogens is 1. The van der Waals surface area contributed by atoms with Gasteiger partial charge in [0, 0.05) is 12.1 Å². The van der Waals surface area contributed by atoms with Crippen molar-refractivity contribution < 1.29 is 4.39 Å². The fourth-order valence-electron chi connectivity index (χ4n) is 2.27. The lowest BCUT2D eigenvalue weighted by atomic mass is 10.1. The monoisotopic (exact) mass is 300 g/mol. The summed E-state index contributed by atoms with van der Waals surface area (Å²) in [6.07, 6.45) is 2.07. The average Bonchev–Trinajstić information content (AvgIpc) is 2.87. The number of benzene rings is 2. The maximum absolute atomic E-state index is 13.2. The summed E-state index contributed by atoms with van der Waals surface area (Å²) in [5.41, 5.74) is 2.07. The van der Waals surface area contributed by atoms with E-state index in [0.29, 0.717) is 6.04 Å². The molecule has 0 aliphatic carbocycles. The Kier molecular flexibility index (Phi) is 4.15. The van der Waals surface area contributed by atoms with Crippen LogP contribution < -0.4 is 5.32 Å². The van der Waals surface area contributed by atoms with E-state index in [-0.39, 0.29) is 5.82 Å². The first-order chi connectivity index (χ1) is 10.2. The van der Waals surface area contributed by atoms with Gasteiger partial charge in [0.2, 0.25) is 0 Å². The van der Waals surface area contributed by atoms with Crippen molar-refractivity contribution >= 4 is 26.7 Å². The number of hydrogen-bond acceptors (Lipinski definition) is 3. The number of thiazole rings is 1. The molecule has 1 unspecified atom stereocenters. The summed E-state index contributed by atoms with van der Waals surface area (Å²) in [5.74, 6) is -0.239. The number of fused-ring (bicyclic) bond motifs is 1. The van der Waals surface area contributed by atoms with Crippen LogP contribution in [-0.4, -0.2) is 11.0 Å². The Bertz CT molecular complexity index is 724. The van der Waals surface area contributed by atoms with Crippen molar-refractivity contribution in [2.75, 3.05) is 5.32 Å². The van der Waals surface area contributed by atoms with Gasteiger partial charge in [-0.05, 0) is 37.5 Å². The number of hydrogen-bond donors (Lipinski definition) is 1. The van der Waals surface area contributed by atoms with Gasteiger partial charge in [-0.1, -0.05) is 41.7 Å². The van der Waals surface area contributed by atoms with Gasteiger partial charge in [-0.3, -0.25) is 0 Å². The molecular formula is C17H17FN2S. The zero-order valence-electron chi connectivity index (χ0n) is 11.8. The average molecular weight is 300 g/mol. The van der Waals surface area contributed by atoms with Crippen molar-refractivity contribution in [2.45, 2.75) is 25.8 Å². The number of nitrogens with zero attached hydrogens (tertiary/aromatic N) is 1. The molecule has 0 aliphatic rings. The molecule has 0 amide bonds. The molecule has 2 aromatic carbocycles. The van der Waals surface area contributed by atoms with Crippen LogP contribution in [0.4, 0.5) is 9.52 Å². The van der Waals surface area contributed by atoms with E-state index in [9.17, 15) is 4.39 Å². The molecule has 1 atom stereocenters. The molecule has 2 nitrogen and oxygen atoms in total. The number of aryl methyl sites for hydroxylation is 1. The van der Waals surface area contributed by atoms with Crippen LogP contribution >= 0.6 is 11.3 Å². The summed E-state index contributed by atoms with van der Waals surface area (Å²) in [6.45, 7) is 2.15. The van der Waals surface area contributed by atoms with Crippen LogP contribution in [0.15, 0.2) is 48.5 Å². The Morgan fingerprint density at radius 3 is 2.81 bits per heavy atom. The van der Waals surface area contributed by atoms with Gasteiger partial charge in [-0.2, -0.15) is 0 Å². The second-order valence-corrected chi connectivity index (χ2v) is 6.23. The summed E-state index contributed by atoms with van der Waals surface area (Å²) in [7, 11) is 0. The minimum Gasteiger partial charge on any atom is -0.359 e. The van der Waals surface area contributed by atoms with Crippen LogP contribution in [0, 0.1) is 5.82 Å². The highest BCUT2D eigenvalue weighted by molar-refractivity contribution is 7.22. The molecular weight excluding hydrogens is 283 g/mol. The van der Waals surface area contributed by atoms with Gasteiger partial charge in [-0.25, -0.2) is 9.37 Å². The van der Waals surface area contributed by atoms with Crippen LogP contribution in [0.2, 0.25) is 0 Å². The summed E-state index contributed by atoms with van der Waals surface area (Å²) in [6, 6.07) is 15.5. The van der Waals surface area contributed by atoms with Gasteiger partial charge < -0.3 is 5.32 Å². The van der Waals surface area contributed by atoms with E-state index in [0.717, 1.165) is 28.2 Å². The standard InChI is InChI=1S/C17H17FN2S/c1-12(7-8-13-5-3-2-4-6-13)19-17-20-15-11-14(18)9-10-16(15)21-17/h2-6,9-12H,7-8H2,1H3,(H,19,20).